The Morgan fingerprint density at radius 1 is 1.00 bits per heavy atom. The number of fused-ring (bicyclic) bond motifs is 5. The van der Waals surface area contributed by atoms with Crippen LogP contribution in [0.1, 0.15) is 96.0 Å². The van der Waals surface area contributed by atoms with Crippen LogP contribution in [-0.2, 0) is 4.74 Å². The van der Waals surface area contributed by atoms with Crippen molar-refractivity contribution in [3.63, 3.8) is 0 Å². The lowest BCUT2D eigenvalue weighted by Crippen LogP contribution is -2.62. The molecule has 5 aliphatic rings. The van der Waals surface area contributed by atoms with Crippen molar-refractivity contribution >= 4 is 6.09 Å². The van der Waals surface area contributed by atoms with Crippen molar-refractivity contribution in [1.29, 1.82) is 0 Å². The zero-order valence-electron chi connectivity index (χ0n) is 22.4. The summed E-state index contributed by atoms with van der Waals surface area (Å²) in [7, 11) is 0. The third-order valence-electron chi connectivity index (χ3n) is 11.9. The van der Waals surface area contributed by atoms with Crippen LogP contribution in [0.2, 0.25) is 0 Å². The molecule has 0 radical (unpaired) electrons. The van der Waals surface area contributed by atoms with Gasteiger partial charge in [-0.15, -0.1) is 0 Å². The number of carbonyl (C=O) groups is 1. The Hall–Kier alpha value is -1.86. The molecule has 7 heteroatoms. The van der Waals surface area contributed by atoms with E-state index in [0.29, 0.717) is 37.8 Å². The van der Waals surface area contributed by atoms with Gasteiger partial charge in [0.1, 0.15) is 6.10 Å². The highest BCUT2D eigenvalue weighted by molar-refractivity contribution is 5.68. The van der Waals surface area contributed by atoms with Gasteiger partial charge in [0.25, 0.3) is 0 Å². The third-order valence-corrected chi connectivity index (χ3v) is 11.9. The highest BCUT2D eigenvalue weighted by Gasteiger charge is 2.67. The summed E-state index contributed by atoms with van der Waals surface area (Å²) >= 11 is 0. The molecule has 1 aromatic rings. The van der Waals surface area contributed by atoms with E-state index in [4.69, 9.17) is 9.15 Å². The predicted octanol–water partition coefficient (Wildman–Crippen LogP) is 4.84. The number of likely N-dealkylation sites (tertiary alicyclic amines) is 1. The zero-order valence-corrected chi connectivity index (χ0v) is 22.4. The average molecular weight is 514 g/mol. The highest BCUT2D eigenvalue weighted by Crippen LogP contribution is 2.70. The van der Waals surface area contributed by atoms with E-state index >= 15 is 0 Å². The van der Waals surface area contributed by atoms with E-state index in [1.165, 1.54) is 6.07 Å². The molecule has 2 unspecified atom stereocenters. The Bertz CT molecular complexity index is 1060. The third kappa shape index (κ3) is 3.98. The van der Waals surface area contributed by atoms with Gasteiger partial charge in [-0.1, -0.05) is 13.8 Å². The number of hydrogen-bond donors (Lipinski definition) is 2. The standard InChI is InChI=1S/C30H43NO6/c1-28-12-7-22(37-27(34)31-15-10-21(32)11-16-31)17-20(28)4-5-25-24(28)8-13-29(2)23(9-14-30(25,29)35)19-3-6-26(33)36-18-19/h3,6,18,20-25,32,35H,4-5,7-17H2,1-2H3/t20?,22-,23+,24?,25+,28-,29+,30-/m0/s1. The first-order valence-corrected chi connectivity index (χ1v) is 14.6. The number of nitrogens with zero attached hydrogens (tertiary/aromatic N) is 1. The van der Waals surface area contributed by atoms with Crippen molar-refractivity contribution in [2.24, 2.45) is 28.6 Å². The molecule has 2 N–H and O–H groups in total. The second-order valence-corrected chi connectivity index (χ2v) is 13.4. The number of carbonyl (C=O) groups excluding carboxylic acids is 1. The van der Waals surface area contributed by atoms with E-state index < -0.39 is 5.60 Å². The fourth-order valence-corrected chi connectivity index (χ4v) is 9.66. The lowest BCUT2D eigenvalue weighted by Gasteiger charge is -2.63. The van der Waals surface area contributed by atoms with Crippen molar-refractivity contribution in [2.45, 2.75) is 108 Å². The average Bonchev–Trinajstić information content (AvgIpc) is 3.16. The SMILES string of the molecule is C[C@]12CC[C@H](OC(=O)N3CCC(O)CC3)CC1CC[C@@H]1C2CC[C@]2(C)[C@@H](c3ccc(=O)oc3)CC[C@]12O. The lowest BCUT2D eigenvalue weighted by molar-refractivity contribution is -0.205. The fraction of sp³-hybridized carbons (Fsp3) is 0.800. The maximum absolute atomic E-state index is 12.8. The molecule has 7 nitrogen and oxygen atoms in total. The minimum absolute atomic E-state index is 0.0329. The first-order valence-electron chi connectivity index (χ1n) is 14.6. The van der Waals surface area contributed by atoms with Gasteiger partial charge in [0.15, 0.2) is 0 Å². The quantitative estimate of drug-likeness (QED) is 0.587. The van der Waals surface area contributed by atoms with Crippen LogP contribution in [0.4, 0.5) is 4.79 Å². The number of amides is 1. The fourth-order valence-electron chi connectivity index (χ4n) is 9.66. The molecule has 37 heavy (non-hydrogen) atoms. The van der Waals surface area contributed by atoms with Gasteiger partial charge in [-0.05, 0) is 111 Å². The topological polar surface area (TPSA) is 100 Å². The summed E-state index contributed by atoms with van der Waals surface area (Å²) in [5, 5.41) is 22.1. The molecule has 4 aliphatic carbocycles. The number of hydrogen-bond acceptors (Lipinski definition) is 6. The van der Waals surface area contributed by atoms with Crippen LogP contribution in [0.5, 0.6) is 0 Å². The molecule has 1 saturated heterocycles. The second kappa shape index (κ2) is 9.11. The predicted molar refractivity (Wildman–Crippen MR) is 138 cm³/mol. The molecule has 1 amide bonds. The van der Waals surface area contributed by atoms with Gasteiger partial charge in [0, 0.05) is 24.6 Å². The van der Waals surface area contributed by atoms with Gasteiger partial charge in [0.05, 0.1) is 18.0 Å². The molecule has 8 atom stereocenters. The molecule has 0 bridgehead atoms. The molecular weight excluding hydrogens is 470 g/mol. The molecule has 204 valence electrons. The van der Waals surface area contributed by atoms with Crippen LogP contribution in [0.3, 0.4) is 0 Å². The minimum Gasteiger partial charge on any atom is -0.446 e. The summed E-state index contributed by atoms with van der Waals surface area (Å²) < 4.78 is 11.2. The Morgan fingerprint density at radius 3 is 2.51 bits per heavy atom. The van der Waals surface area contributed by atoms with Crippen molar-refractivity contribution in [3.8, 4) is 0 Å². The molecule has 5 fully saturated rings. The minimum atomic E-state index is -0.702. The normalized spacial score (nSPS) is 44.0. The summed E-state index contributed by atoms with van der Waals surface area (Å²) in [6.07, 6.45) is 11.1. The first-order chi connectivity index (χ1) is 17.6. The molecule has 1 aliphatic heterocycles. The van der Waals surface area contributed by atoms with E-state index in [-0.39, 0.29) is 46.6 Å². The summed E-state index contributed by atoms with van der Waals surface area (Å²) in [6, 6.07) is 3.40. The van der Waals surface area contributed by atoms with Gasteiger partial charge >= 0.3 is 11.7 Å². The zero-order chi connectivity index (χ0) is 26.0. The monoisotopic (exact) mass is 513 g/mol. The number of aliphatic hydroxyl groups is 2. The maximum atomic E-state index is 12.8. The summed E-state index contributed by atoms with van der Waals surface area (Å²) in [5.74, 6) is 1.49. The Kier molecular flexibility index (Phi) is 6.26. The lowest BCUT2D eigenvalue weighted by atomic mass is 9.43. The summed E-state index contributed by atoms with van der Waals surface area (Å²) in [6.45, 7) is 5.87. The largest absolute Gasteiger partial charge is 0.446 e. The number of ether oxygens (including phenoxy) is 1. The Morgan fingerprint density at radius 2 is 1.78 bits per heavy atom. The maximum Gasteiger partial charge on any atom is 0.410 e. The number of piperidine rings is 1. The van der Waals surface area contributed by atoms with Crippen LogP contribution in [-0.4, -0.2) is 52.1 Å². The second-order valence-electron chi connectivity index (χ2n) is 13.4. The van der Waals surface area contributed by atoms with Crippen LogP contribution < -0.4 is 5.63 Å². The van der Waals surface area contributed by atoms with E-state index in [0.717, 1.165) is 63.4 Å². The van der Waals surface area contributed by atoms with Crippen molar-refractivity contribution < 1.29 is 24.2 Å². The van der Waals surface area contributed by atoms with Gasteiger partial charge in [-0.3, -0.25) is 0 Å². The molecule has 0 aromatic carbocycles. The van der Waals surface area contributed by atoms with Crippen molar-refractivity contribution in [3.05, 3.63) is 34.4 Å². The van der Waals surface area contributed by atoms with Crippen molar-refractivity contribution in [2.75, 3.05) is 13.1 Å². The van der Waals surface area contributed by atoms with Crippen LogP contribution in [0.15, 0.2) is 27.6 Å². The van der Waals surface area contributed by atoms with Crippen LogP contribution >= 0.6 is 0 Å². The molecule has 4 saturated carbocycles. The number of aliphatic hydroxyl groups excluding tert-OH is 1. The Labute approximate surface area is 219 Å². The van der Waals surface area contributed by atoms with Crippen LogP contribution in [0.25, 0.3) is 0 Å². The van der Waals surface area contributed by atoms with Gasteiger partial charge in [-0.25, -0.2) is 9.59 Å². The number of rotatable bonds is 2. The molecule has 1 aromatic heterocycles. The van der Waals surface area contributed by atoms with E-state index in [2.05, 4.69) is 13.8 Å². The molecule has 2 heterocycles. The van der Waals surface area contributed by atoms with Gasteiger partial charge < -0.3 is 24.3 Å². The smallest absolute Gasteiger partial charge is 0.410 e. The van der Waals surface area contributed by atoms with Gasteiger partial charge in [-0.2, -0.15) is 0 Å². The van der Waals surface area contributed by atoms with Crippen molar-refractivity contribution in [1.82, 2.24) is 4.90 Å². The summed E-state index contributed by atoms with van der Waals surface area (Å²) in [5.41, 5.74) is -0.0377. The molecule has 0 spiro atoms. The summed E-state index contributed by atoms with van der Waals surface area (Å²) in [4.78, 5) is 26.1. The van der Waals surface area contributed by atoms with Gasteiger partial charge in [0.2, 0.25) is 0 Å². The molecule has 6 rings (SSSR count). The van der Waals surface area contributed by atoms with E-state index in [1.807, 2.05) is 6.07 Å². The Balaban J connectivity index is 1.15. The molecular formula is C30H43NO6. The van der Waals surface area contributed by atoms with E-state index in [9.17, 15) is 19.8 Å². The van der Waals surface area contributed by atoms with E-state index in [1.54, 1.807) is 11.2 Å². The van der Waals surface area contributed by atoms with Crippen LogP contribution in [0, 0.1) is 28.6 Å². The highest BCUT2D eigenvalue weighted by atomic mass is 16.6. The first kappa shape index (κ1) is 25.4.